The van der Waals surface area contributed by atoms with Crippen LogP contribution in [0, 0.1) is 5.92 Å². The molecule has 0 saturated heterocycles. The van der Waals surface area contributed by atoms with E-state index >= 15 is 0 Å². The fraction of sp³-hybridized carbons (Fsp3) is 0.562. The number of ether oxygens (including phenoxy) is 2. The van der Waals surface area contributed by atoms with E-state index in [0.29, 0.717) is 18.9 Å². The van der Waals surface area contributed by atoms with Crippen LogP contribution in [0.5, 0.6) is 5.75 Å². The second kappa shape index (κ2) is 7.29. The number of methoxy groups -OCH3 is 1. The molecule has 0 aliphatic rings. The van der Waals surface area contributed by atoms with Gasteiger partial charge in [0.2, 0.25) is 0 Å². The van der Waals surface area contributed by atoms with E-state index in [1.165, 1.54) is 0 Å². The molecule has 1 N–H and O–H groups in total. The maximum atomic E-state index is 12.1. The summed E-state index contributed by atoms with van der Waals surface area (Å²) < 4.78 is 10.9. The van der Waals surface area contributed by atoms with E-state index < -0.39 is 5.60 Å². The molecule has 112 valence electrons. The van der Waals surface area contributed by atoms with Crippen molar-refractivity contribution >= 4 is 11.6 Å². The zero-order valence-electron chi connectivity index (χ0n) is 13.0. The van der Waals surface area contributed by atoms with Gasteiger partial charge in [-0.2, -0.15) is 0 Å². The molecular formula is C16H25NO3. The van der Waals surface area contributed by atoms with Crippen molar-refractivity contribution in [2.75, 3.05) is 19.0 Å². The summed E-state index contributed by atoms with van der Waals surface area (Å²) in [5.41, 5.74) is -0.0593. The topological polar surface area (TPSA) is 47.6 Å². The highest BCUT2D eigenvalue weighted by Gasteiger charge is 2.30. The van der Waals surface area contributed by atoms with Crippen LogP contribution in [0.2, 0.25) is 0 Å². The fourth-order valence-corrected chi connectivity index (χ4v) is 1.56. The Hall–Kier alpha value is -1.55. The van der Waals surface area contributed by atoms with Crippen LogP contribution in [-0.4, -0.2) is 25.2 Å². The van der Waals surface area contributed by atoms with Crippen molar-refractivity contribution in [2.24, 2.45) is 5.92 Å². The lowest BCUT2D eigenvalue weighted by Crippen LogP contribution is -2.41. The third-order valence-electron chi connectivity index (χ3n) is 3.30. The molecular weight excluding hydrogens is 254 g/mol. The highest BCUT2D eigenvalue weighted by molar-refractivity contribution is 5.97. The maximum Gasteiger partial charge on any atom is 0.256 e. The Kier molecular flexibility index (Phi) is 6.02. The van der Waals surface area contributed by atoms with Crippen molar-refractivity contribution in [3.8, 4) is 5.75 Å². The number of nitrogens with one attached hydrogen (secondary N) is 1. The molecule has 1 amide bonds. The lowest BCUT2D eigenvalue weighted by atomic mass is 10.0. The minimum atomic E-state index is -0.799. The number of rotatable bonds is 7. The Morgan fingerprint density at radius 3 is 2.35 bits per heavy atom. The third-order valence-corrected chi connectivity index (χ3v) is 3.30. The monoisotopic (exact) mass is 279 g/mol. The second-order valence-electron chi connectivity index (χ2n) is 5.47. The normalized spacial score (nSPS) is 13.9. The number of anilines is 1. The second-order valence-corrected chi connectivity index (χ2v) is 5.47. The van der Waals surface area contributed by atoms with E-state index in [-0.39, 0.29) is 5.91 Å². The number of benzene rings is 1. The summed E-state index contributed by atoms with van der Waals surface area (Å²) in [7, 11) is 1.55. The smallest absolute Gasteiger partial charge is 0.256 e. The Labute approximate surface area is 121 Å². The highest BCUT2D eigenvalue weighted by atomic mass is 16.5. The molecule has 0 heterocycles. The lowest BCUT2D eigenvalue weighted by Gasteiger charge is -2.25. The van der Waals surface area contributed by atoms with E-state index in [0.717, 1.165) is 11.4 Å². The van der Waals surface area contributed by atoms with Crippen molar-refractivity contribution in [1.82, 2.24) is 0 Å². The standard InChI is InChI=1S/C16H25NO3/c1-6-16(4,19-5)15(18)17-13-7-9-14(10-8-13)20-11-12(2)3/h7-10,12H,6,11H2,1-5H3,(H,17,18). The van der Waals surface area contributed by atoms with Gasteiger partial charge in [-0.1, -0.05) is 20.8 Å². The molecule has 0 fully saturated rings. The van der Waals surface area contributed by atoms with Gasteiger partial charge in [-0.15, -0.1) is 0 Å². The fourth-order valence-electron chi connectivity index (χ4n) is 1.56. The Bertz CT molecular complexity index is 422. The summed E-state index contributed by atoms with van der Waals surface area (Å²) in [6.45, 7) is 8.59. The van der Waals surface area contributed by atoms with Gasteiger partial charge in [0.15, 0.2) is 0 Å². The maximum absolute atomic E-state index is 12.1. The first kappa shape index (κ1) is 16.5. The number of hydrogen-bond acceptors (Lipinski definition) is 3. The summed E-state index contributed by atoms with van der Waals surface area (Å²) in [5, 5.41) is 2.86. The SMILES string of the molecule is CCC(C)(OC)C(=O)Nc1ccc(OCC(C)C)cc1. The predicted molar refractivity (Wildman–Crippen MR) is 81.1 cm³/mol. The molecule has 0 aromatic heterocycles. The number of amides is 1. The number of carbonyl (C=O) groups excluding carboxylic acids is 1. The summed E-state index contributed by atoms with van der Waals surface area (Å²) >= 11 is 0. The molecule has 0 radical (unpaired) electrons. The molecule has 0 bridgehead atoms. The van der Waals surface area contributed by atoms with Gasteiger partial charge in [0.1, 0.15) is 11.4 Å². The van der Waals surface area contributed by atoms with Crippen LogP contribution < -0.4 is 10.1 Å². The molecule has 0 aliphatic heterocycles. The van der Waals surface area contributed by atoms with Crippen LogP contribution in [0.15, 0.2) is 24.3 Å². The Morgan fingerprint density at radius 2 is 1.90 bits per heavy atom. The van der Waals surface area contributed by atoms with Crippen molar-refractivity contribution in [3.05, 3.63) is 24.3 Å². The summed E-state index contributed by atoms with van der Waals surface area (Å²) in [6.07, 6.45) is 0.616. The Morgan fingerprint density at radius 1 is 1.30 bits per heavy atom. The van der Waals surface area contributed by atoms with Crippen molar-refractivity contribution in [1.29, 1.82) is 0 Å². The lowest BCUT2D eigenvalue weighted by molar-refractivity contribution is -0.136. The van der Waals surface area contributed by atoms with E-state index in [2.05, 4.69) is 19.2 Å². The van der Waals surface area contributed by atoms with Gasteiger partial charge < -0.3 is 14.8 Å². The molecule has 0 saturated carbocycles. The van der Waals surface area contributed by atoms with Gasteiger partial charge in [-0.3, -0.25) is 4.79 Å². The molecule has 1 atom stereocenters. The van der Waals surface area contributed by atoms with Crippen LogP contribution in [-0.2, 0) is 9.53 Å². The van der Waals surface area contributed by atoms with Gasteiger partial charge in [-0.25, -0.2) is 0 Å². The minimum Gasteiger partial charge on any atom is -0.493 e. The summed E-state index contributed by atoms with van der Waals surface area (Å²) in [4.78, 5) is 12.1. The largest absolute Gasteiger partial charge is 0.493 e. The van der Waals surface area contributed by atoms with Gasteiger partial charge in [0.25, 0.3) is 5.91 Å². The van der Waals surface area contributed by atoms with E-state index in [1.54, 1.807) is 14.0 Å². The molecule has 1 aromatic rings. The Balaban J connectivity index is 2.63. The van der Waals surface area contributed by atoms with E-state index in [9.17, 15) is 4.79 Å². The molecule has 4 heteroatoms. The zero-order valence-corrected chi connectivity index (χ0v) is 13.0. The van der Waals surface area contributed by atoms with E-state index in [1.807, 2.05) is 31.2 Å². The van der Waals surface area contributed by atoms with Crippen LogP contribution in [0.3, 0.4) is 0 Å². The molecule has 4 nitrogen and oxygen atoms in total. The first-order valence-electron chi connectivity index (χ1n) is 7.00. The molecule has 1 rings (SSSR count). The van der Waals surface area contributed by atoms with Crippen molar-refractivity contribution in [2.45, 2.75) is 39.7 Å². The van der Waals surface area contributed by atoms with Crippen LogP contribution in [0.4, 0.5) is 5.69 Å². The van der Waals surface area contributed by atoms with Crippen molar-refractivity contribution in [3.63, 3.8) is 0 Å². The van der Waals surface area contributed by atoms with E-state index in [4.69, 9.17) is 9.47 Å². The predicted octanol–water partition coefficient (Wildman–Crippen LogP) is 3.48. The molecule has 20 heavy (non-hydrogen) atoms. The summed E-state index contributed by atoms with van der Waals surface area (Å²) in [5.74, 6) is 1.15. The first-order valence-corrected chi connectivity index (χ1v) is 7.00. The zero-order chi connectivity index (χ0) is 15.2. The van der Waals surface area contributed by atoms with Gasteiger partial charge in [-0.05, 0) is 43.5 Å². The average Bonchev–Trinajstić information content (AvgIpc) is 2.45. The van der Waals surface area contributed by atoms with Crippen LogP contribution in [0.25, 0.3) is 0 Å². The highest BCUT2D eigenvalue weighted by Crippen LogP contribution is 2.20. The molecule has 1 aromatic carbocycles. The minimum absolute atomic E-state index is 0.140. The van der Waals surface area contributed by atoms with Gasteiger partial charge >= 0.3 is 0 Å². The number of carbonyl (C=O) groups is 1. The molecule has 0 spiro atoms. The first-order chi connectivity index (χ1) is 9.41. The summed E-state index contributed by atoms with van der Waals surface area (Å²) in [6, 6.07) is 7.38. The van der Waals surface area contributed by atoms with Crippen LogP contribution in [0.1, 0.15) is 34.1 Å². The molecule has 0 aliphatic carbocycles. The quantitative estimate of drug-likeness (QED) is 0.831. The molecule has 1 unspecified atom stereocenters. The third kappa shape index (κ3) is 4.53. The number of hydrogen-bond donors (Lipinski definition) is 1. The van der Waals surface area contributed by atoms with Crippen molar-refractivity contribution < 1.29 is 14.3 Å². The van der Waals surface area contributed by atoms with Crippen LogP contribution >= 0.6 is 0 Å². The van der Waals surface area contributed by atoms with Gasteiger partial charge in [0, 0.05) is 12.8 Å². The average molecular weight is 279 g/mol. The van der Waals surface area contributed by atoms with Gasteiger partial charge in [0.05, 0.1) is 6.61 Å².